The van der Waals surface area contributed by atoms with E-state index in [0.717, 1.165) is 17.1 Å². The van der Waals surface area contributed by atoms with Crippen molar-refractivity contribution in [2.75, 3.05) is 32.7 Å². The average Bonchev–Trinajstić information content (AvgIpc) is 2.95. The lowest BCUT2D eigenvalue weighted by Gasteiger charge is -2.09. The fourth-order valence-corrected chi connectivity index (χ4v) is 3.09. The number of hydrogen-bond acceptors (Lipinski definition) is 7. The minimum absolute atomic E-state index is 0.319. The number of thiazole rings is 1. The number of rotatable bonds is 8. The normalized spacial score (nSPS) is 10.3. The molecule has 0 bridgehead atoms. The van der Waals surface area contributed by atoms with E-state index in [1.807, 2.05) is 25.1 Å². The average molecular weight is 350 g/mol. The Labute approximate surface area is 145 Å². The van der Waals surface area contributed by atoms with Crippen molar-refractivity contribution in [3.8, 4) is 11.5 Å². The topological polar surface area (TPSA) is 69.7 Å². The Hall–Kier alpha value is -2.28. The van der Waals surface area contributed by atoms with Crippen LogP contribution >= 0.6 is 11.3 Å². The molecule has 0 unspecified atom stereocenters. The molecule has 0 aliphatic carbocycles. The summed E-state index contributed by atoms with van der Waals surface area (Å²) in [5, 5.41) is 3.96. The lowest BCUT2D eigenvalue weighted by molar-refractivity contribution is 0.0531. The molecule has 24 heavy (non-hydrogen) atoms. The second-order valence-corrected chi connectivity index (χ2v) is 6.02. The highest BCUT2D eigenvalue weighted by atomic mass is 32.1. The molecule has 130 valence electrons. The summed E-state index contributed by atoms with van der Waals surface area (Å²) in [6, 6.07) is 5.85. The fraction of sp³-hybridized carbons (Fsp3) is 0.412. The summed E-state index contributed by atoms with van der Waals surface area (Å²) < 4.78 is 15.6. The molecule has 0 fully saturated rings. The minimum atomic E-state index is -0.319. The molecule has 1 N–H and O–H groups in total. The summed E-state index contributed by atoms with van der Waals surface area (Å²) in [5.41, 5.74) is 1.81. The van der Waals surface area contributed by atoms with Crippen molar-refractivity contribution < 1.29 is 19.0 Å². The molecule has 1 aromatic heterocycles. The molecule has 0 amide bonds. The van der Waals surface area contributed by atoms with E-state index in [-0.39, 0.29) is 5.97 Å². The molecule has 0 aliphatic rings. The summed E-state index contributed by atoms with van der Waals surface area (Å²) in [6.07, 6.45) is 0.799. The smallest absolute Gasteiger partial charge is 0.350 e. The molecule has 0 aliphatic heterocycles. The number of carbonyl (C=O) groups is 1. The van der Waals surface area contributed by atoms with Gasteiger partial charge >= 0.3 is 5.97 Å². The van der Waals surface area contributed by atoms with E-state index in [9.17, 15) is 4.79 Å². The van der Waals surface area contributed by atoms with E-state index in [0.29, 0.717) is 35.2 Å². The largest absolute Gasteiger partial charge is 0.493 e. The predicted octanol–water partition coefficient (Wildman–Crippen LogP) is 3.30. The van der Waals surface area contributed by atoms with Gasteiger partial charge in [0.2, 0.25) is 0 Å². The quantitative estimate of drug-likeness (QED) is 0.737. The highest BCUT2D eigenvalue weighted by Gasteiger charge is 2.16. The second kappa shape index (κ2) is 8.54. The Balaban J connectivity index is 1.95. The first-order valence-electron chi connectivity index (χ1n) is 7.68. The zero-order valence-corrected chi connectivity index (χ0v) is 15.2. The van der Waals surface area contributed by atoms with Gasteiger partial charge in [0.1, 0.15) is 4.88 Å². The summed E-state index contributed by atoms with van der Waals surface area (Å²) >= 11 is 1.31. The number of benzene rings is 1. The maximum Gasteiger partial charge on any atom is 0.350 e. The van der Waals surface area contributed by atoms with Gasteiger partial charge in [-0.15, -0.1) is 0 Å². The fourth-order valence-electron chi connectivity index (χ4n) is 2.21. The third-order valence-electron chi connectivity index (χ3n) is 3.40. The second-order valence-electron chi connectivity index (χ2n) is 5.02. The molecule has 0 saturated carbocycles. The van der Waals surface area contributed by atoms with Gasteiger partial charge in [0.05, 0.1) is 26.5 Å². The van der Waals surface area contributed by atoms with Crippen molar-refractivity contribution in [1.29, 1.82) is 0 Å². The molecule has 1 heterocycles. The first-order chi connectivity index (χ1) is 11.6. The van der Waals surface area contributed by atoms with Crippen molar-refractivity contribution in [3.63, 3.8) is 0 Å². The van der Waals surface area contributed by atoms with Gasteiger partial charge in [-0.3, -0.25) is 0 Å². The van der Waals surface area contributed by atoms with Gasteiger partial charge in [-0.25, -0.2) is 9.78 Å². The highest BCUT2D eigenvalue weighted by molar-refractivity contribution is 7.17. The van der Waals surface area contributed by atoms with Crippen LogP contribution in [0.4, 0.5) is 5.13 Å². The Kier molecular flexibility index (Phi) is 6.43. The van der Waals surface area contributed by atoms with E-state index < -0.39 is 0 Å². The Bertz CT molecular complexity index is 700. The van der Waals surface area contributed by atoms with Crippen molar-refractivity contribution >= 4 is 22.4 Å². The zero-order chi connectivity index (χ0) is 17.5. The Morgan fingerprint density at radius 2 is 2.00 bits per heavy atom. The van der Waals surface area contributed by atoms with Crippen LogP contribution in [-0.4, -0.2) is 38.3 Å². The van der Waals surface area contributed by atoms with Crippen LogP contribution in [-0.2, 0) is 11.2 Å². The number of methoxy groups -OCH3 is 2. The summed E-state index contributed by atoms with van der Waals surface area (Å²) in [6.45, 7) is 4.65. The molecule has 0 atom stereocenters. The van der Waals surface area contributed by atoms with Gasteiger partial charge in [-0.05, 0) is 38.0 Å². The van der Waals surface area contributed by atoms with Crippen LogP contribution in [0.2, 0.25) is 0 Å². The first-order valence-corrected chi connectivity index (χ1v) is 8.50. The molecular formula is C17H22N2O4S. The molecule has 0 saturated heterocycles. The van der Waals surface area contributed by atoms with Crippen LogP contribution in [0.25, 0.3) is 0 Å². The van der Waals surface area contributed by atoms with E-state index in [2.05, 4.69) is 10.3 Å². The Morgan fingerprint density at radius 3 is 2.67 bits per heavy atom. The van der Waals surface area contributed by atoms with Crippen molar-refractivity contribution in [1.82, 2.24) is 4.98 Å². The molecular weight excluding hydrogens is 328 g/mol. The van der Waals surface area contributed by atoms with Gasteiger partial charge in [0, 0.05) is 6.54 Å². The van der Waals surface area contributed by atoms with Gasteiger partial charge in [-0.1, -0.05) is 17.4 Å². The number of nitrogens with zero attached hydrogens (tertiary/aromatic N) is 1. The van der Waals surface area contributed by atoms with Crippen molar-refractivity contribution in [2.24, 2.45) is 0 Å². The third-order valence-corrected chi connectivity index (χ3v) is 4.49. The molecule has 2 aromatic rings. The standard InChI is InChI=1S/C17H22N2O4S/c1-5-23-16(20)15-11(2)19-17(24-15)18-9-8-12-6-7-13(21-3)14(10-12)22-4/h6-7,10H,5,8-9H2,1-4H3,(H,18,19). The number of aromatic nitrogens is 1. The van der Waals surface area contributed by atoms with Crippen LogP contribution < -0.4 is 14.8 Å². The first kappa shape index (κ1) is 18.1. The minimum Gasteiger partial charge on any atom is -0.493 e. The number of nitrogens with one attached hydrogen (secondary N) is 1. The van der Waals surface area contributed by atoms with E-state index in [1.165, 1.54) is 11.3 Å². The van der Waals surface area contributed by atoms with Gasteiger partial charge in [0.15, 0.2) is 16.6 Å². The van der Waals surface area contributed by atoms with Crippen LogP contribution in [0.3, 0.4) is 0 Å². The van der Waals surface area contributed by atoms with Crippen LogP contribution in [0.5, 0.6) is 11.5 Å². The predicted molar refractivity (Wildman–Crippen MR) is 94.5 cm³/mol. The van der Waals surface area contributed by atoms with E-state index >= 15 is 0 Å². The van der Waals surface area contributed by atoms with Gasteiger partial charge in [-0.2, -0.15) is 0 Å². The van der Waals surface area contributed by atoms with Gasteiger partial charge in [0.25, 0.3) is 0 Å². The lowest BCUT2D eigenvalue weighted by Crippen LogP contribution is -2.05. The van der Waals surface area contributed by atoms with Crippen LogP contribution in [0.15, 0.2) is 18.2 Å². The molecule has 6 nitrogen and oxygen atoms in total. The van der Waals surface area contributed by atoms with Gasteiger partial charge < -0.3 is 19.5 Å². The molecule has 0 radical (unpaired) electrons. The maximum absolute atomic E-state index is 11.8. The number of esters is 1. The third kappa shape index (κ3) is 4.38. The molecule has 1 aromatic carbocycles. The molecule has 2 rings (SSSR count). The van der Waals surface area contributed by atoms with Crippen molar-refractivity contribution in [3.05, 3.63) is 34.3 Å². The van der Waals surface area contributed by atoms with E-state index in [1.54, 1.807) is 21.1 Å². The van der Waals surface area contributed by atoms with Crippen LogP contribution in [0, 0.1) is 6.92 Å². The summed E-state index contributed by atoms with van der Waals surface area (Å²) in [7, 11) is 3.24. The SMILES string of the molecule is CCOC(=O)c1sc(NCCc2ccc(OC)c(OC)c2)nc1C. The summed E-state index contributed by atoms with van der Waals surface area (Å²) in [5.74, 6) is 1.11. The number of anilines is 1. The number of aryl methyl sites for hydroxylation is 1. The van der Waals surface area contributed by atoms with E-state index in [4.69, 9.17) is 14.2 Å². The molecule has 0 spiro atoms. The zero-order valence-electron chi connectivity index (χ0n) is 14.3. The monoisotopic (exact) mass is 350 g/mol. The van der Waals surface area contributed by atoms with Crippen molar-refractivity contribution in [2.45, 2.75) is 20.3 Å². The van der Waals surface area contributed by atoms with Crippen LogP contribution in [0.1, 0.15) is 27.9 Å². The number of carbonyl (C=O) groups excluding carboxylic acids is 1. The summed E-state index contributed by atoms with van der Waals surface area (Å²) in [4.78, 5) is 16.7. The Morgan fingerprint density at radius 1 is 1.25 bits per heavy atom. The molecule has 7 heteroatoms. The number of hydrogen-bond donors (Lipinski definition) is 1. The number of ether oxygens (including phenoxy) is 3. The maximum atomic E-state index is 11.8. The lowest BCUT2D eigenvalue weighted by atomic mass is 10.1. The highest BCUT2D eigenvalue weighted by Crippen LogP contribution is 2.28.